The zero-order valence-corrected chi connectivity index (χ0v) is 11.5. The first-order valence-corrected chi connectivity index (χ1v) is 6.45. The molecule has 1 aromatic heterocycles. The first kappa shape index (κ1) is 12.9. The van der Waals surface area contributed by atoms with Crippen molar-refractivity contribution in [2.24, 2.45) is 0 Å². The van der Waals surface area contributed by atoms with Gasteiger partial charge < -0.3 is 15.0 Å². The molecule has 1 saturated heterocycles. The summed E-state index contributed by atoms with van der Waals surface area (Å²) in [5.74, 6) is 1.26. The Morgan fingerprint density at radius 2 is 2.11 bits per heavy atom. The number of aromatic nitrogens is 3. The van der Waals surface area contributed by atoms with Crippen molar-refractivity contribution < 1.29 is 4.74 Å². The Bertz CT molecular complexity index is 389. The molecule has 0 bridgehead atoms. The molecule has 6 nitrogen and oxygen atoms in total. The maximum atomic E-state index is 5.13. The number of hydrogen-bond donors (Lipinski definition) is 1. The molecule has 2 heterocycles. The fraction of sp³-hybridized carbons (Fsp3) is 0.750. The molecule has 0 saturated carbocycles. The van der Waals surface area contributed by atoms with Crippen molar-refractivity contribution in [1.82, 2.24) is 15.0 Å². The Morgan fingerprint density at radius 3 is 2.72 bits per heavy atom. The topological polar surface area (TPSA) is 63.2 Å². The number of rotatable bonds is 4. The van der Waals surface area contributed by atoms with Gasteiger partial charge in [-0.1, -0.05) is 6.92 Å². The van der Waals surface area contributed by atoms with Crippen molar-refractivity contribution in [3.63, 3.8) is 0 Å². The quantitative estimate of drug-likeness (QED) is 0.878. The maximum absolute atomic E-state index is 5.13. The lowest BCUT2D eigenvalue weighted by Crippen LogP contribution is -2.35. The number of anilines is 2. The zero-order chi connectivity index (χ0) is 13.1. The minimum atomic E-state index is 0.360. The predicted octanol–water partition coefficient (Wildman–Crippen LogP) is 1.69. The van der Waals surface area contributed by atoms with Gasteiger partial charge in [0, 0.05) is 19.1 Å². The van der Waals surface area contributed by atoms with Crippen LogP contribution >= 0.6 is 0 Å². The van der Waals surface area contributed by atoms with Crippen LogP contribution in [0.1, 0.15) is 33.1 Å². The molecule has 18 heavy (non-hydrogen) atoms. The van der Waals surface area contributed by atoms with Gasteiger partial charge in [0.05, 0.1) is 7.11 Å². The van der Waals surface area contributed by atoms with Gasteiger partial charge in [0.15, 0.2) is 0 Å². The molecule has 2 rings (SSSR count). The Morgan fingerprint density at radius 1 is 1.33 bits per heavy atom. The van der Waals surface area contributed by atoms with E-state index >= 15 is 0 Å². The molecule has 0 aromatic carbocycles. The average Bonchev–Trinajstić information content (AvgIpc) is 2.79. The van der Waals surface area contributed by atoms with Crippen LogP contribution in [0.5, 0.6) is 6.01 Å². The SMILES string of the molecule is CCC1CCC(C)N1c1nc(NC)nc(OC)n1. The summed E-state index contributed by atoms with van der Waals surface area (Å²) in [7, 11) is 3.37. The largest absolute Gasteiger partial charge is 0.467 e. The Balaban J connectivity index is 2.36. The Hall–Kier alpha value is -1.59. The normalized spacial score (nSPS) is 23.2. The van der Waals surface area contributed by atoms with E-state index in [0.29, 0.717) is 30.0 Å². The molecule has 0 aliphatic carbocycles. The van der Waals surface area contributed by atoms with E-state index < -0.39 is 0 Å². The van der Waals surface area contributed by atoms with E-state index in [0.717, 1.165) is 6.42 Å². The molecule has 6 heteroatoms. The summed E-state index contributed by atoms with van der Waals surface area (Å²) in [5.41, 5.74) is 0. The summed E-state index contributed by atoms with van der Waals surface area (Å²) in [5, 5.41) is 2.94. The van der Waals surface area contributed by atoms with E-state index in [1.54, 1.807) is 14.2 Å². The lowest BCUT2D eigenvalue weighted by atomic mass is 10.2. The first-order chi connectivity index (χ1) is 8.69. The van der Waals surface area contributed by atoms with E-state index in [2.05, 4.69) is 39.0 Å². The monoisotopic (exact) mass is 251 g/mol. The van der Waals surface area contributed by atoms with Crippen LogP contribution in [0.25, 0.3) is 0 Å². The summed E-state index contributed by atoms with van der Waals surface area (Å²) in [6.07, 6.45) is 3.48. The Kier molecular flexibility index (Phi) is 3.84. The highest BCUT2D eigenvalue weighted by atomic mass is 16.5. The van der Waals surface area contributed by atoms with Crippen molar-refractivity contribution in [3.8, 4) is 6.01 Å². The highest BCUT2D eigenvalue weighted by Gasteiger charge is 2.31. The van der Waals surface area contributed by atoms with Gasteiger partial charge in [-0.25, -0.2) is 0 Å². The Labute approximate surface area is 108 Å². The second-order valence-corrected chi connectivity index (χ2v) is 4.59. The molecular formula is C12H21N5O. The molecule has 2 atom stereocenters. The molecule has 100 valence electrons. The van der Waals surface area contributed by atoms with Gasteiger partial charge in [-0.15, -0.1) is 0 Å². The van der Waals surface area contributed by atoms with Crippen LogP contribution in [-0.2, 0) is 0 Å². The van der Waals surface area contributed by atoms with E-state index in [1.165, 1.54) is 12.8 Å². The van der Waals surface area contributed by atoms with Crippen LogP contribution in [0.2, 0.25) is 0 Å². The van der Waals surface area contributed by atoms with Crippen molar-refractivity contribution in [3.05, 3.63) is 0 Å². The van der Waals surface area contributed by atoms with E-state index in [9.17, 15) is 0 Å². The molecule has 1 aliphatic rings. The van der Waals surface area contributed by atoms with Crippen LogP contribution in [0.4, 0.5) is 11.9 Å². The standard InChI is InChI=1S/C12H21N5O/c1-5-9-7-6-8(2)17(9)11-14-10(13-3)15-12(16-11)18-4/h8-9H,5-7H2,1-4H3,(H,13,14,15,16). The summed E-state index contributed by atoms with van der Waals surface area (Å²) >= 11 is 0. The van der Waals surface area contributed by atoms with Crippen LogP contribution < -0.4 is 15.0 Å². The predicted molar refractivity (Wildman–Crippen MR) is 71.2 cm³/mol. The molecule has 0 radical (unpaired) electrons. The first-order valence-electron chi connectivity index (χ1n) is 6.45. The van der Waals surface area contributed by atoms with Crippen LogP contribution in [-0.4, -0.2) is 41.2 Å². The third kappa shape index (κ3) is 2.32. The summed E-state index contributed by atoms with van der Waals surface area (Å²) in [6.45, 7) is 4.41. The second-order valence-electron chi connectivity index (χ2n) is 4.59. The zero-order valence-electron chi connectivity index (χ0n) is 11.5. The molecule has 0 amide bonds. The third-order valence-corrected chi connectivity index (χ3v) is 3.50. The molecule has 1 aliphatic heterocycles. The highest BCUT2D eigenvalue weighted by molar-refractivity contribution is 5.41. The average molecular weight is 251 g/mol. The molecule has 1 fully saturated rings. The van der Waals surface area contributed by atoms with E-state index in [-0.39, 0.29) is 0 Å². The van der Waals surface area contributed by atoms with Gasteiger partial charge in [-0.2, -0.15) is 15.0 Å². The summed E-state index contributed by atoms with van der Waals surface area (Å²) < 4.78 is 5.13. The fourth-order valence-corrected chi connectivity index (χ4v) is 2.50. The van der Waals surface area contributed by atoms with Gasteiger partial charge in [0.1, 0.15) is 0 Å². The minimum Gasteiger partial charge on any atom is -0.467 e. The molecular weight excluding hydrogens is 230 g/mol. The van der Waals surface area contributed by atoms with E-state index in [4.69, 9.17) is 4.74 Å². The van der Waals surface area contributed by atoms with Crippen LogP contribution in [0.15, 0.2) is 0 Å². The van der Waals surface area contributed by atoms with Gasteiger partial charge in [-0.05, 0) is 26.2 Å². The van der Waals surface area contributed by atoms with Crippen molar-refractivity contribution in [2.45, 2.75) is 45.2 Å². The van der Waals surface area contributed by atoms with Gasteiger partial charge in [0.2, 0.25) is 11.9 Å². The number of hydrogen-bond acceptors (Lipinski definition) is 6. The third-order valence-electron chi connectivity index (χ3n) is 3.50. The minimum absolute atomic E-state index is 0.360. The number of nitrogens with one attached hydrogen (secondary N) is 1. The van der Waals surface area contributed by atoms with Crippen LogP contribution in [0, 0.1) is 0 Å². The van der Waals surface area contributed by atoms with E-state index in [1.807, 2.05) is 0 Å². The molecule has 0 spiro atoms. The van der Waals surface area contributed by atoms with Crippen molar-refractivity contribution in [1.29, 1.82) is 0 Å². The highest BCUT2D eigenvalue weighted by Crippen LogP contribution is 2.30. The van der Waals surface area contributed by atoms with Crippen molar-refractivity contribution in [2.75, 3.05) is 24.4 Å². The number of methoxy groups -OCH3 is 1. The number of nitrogens with zero attached hydrogens (tertiary/aromatic N) is 4. The summed E-state index contributed by atoms with van der Waals surface area (Å²) in [6, 6.07) is 1.34. The second kappa shape index (κ2) is 5.37. The molecule has 1 aromatic rings. The lowest BCUT2D eigenvalue weighted by Gasteiger charge is -2.28. The van der Waals surface area contributed by atoms with Gasteiger partial charge >= 0.3 is 6.01 Å². The van der Waals surface area contributed by atoms with Gasteiger partial charge in [-0.3, -0.25) is 0 Å². The summed E-state index contributed by atoms with van der Waals surface area (Å²) in [4.78, 5) is 15.2. The maximum Gasteiger partial charge on any atom is 0.322 e. The van der Waals surface area contributed by atoms with Gasteiger partial charge in [0.25, 0.3) is 0 Å². The molecule has 2 unspecified atom stereocenters. The van der Waals surface area contributed by atoms with Crippen molar-refractivity contribution >= 4 is 11.9 Å². The lowest BCUT2D eigenvalue weighted by molar-refractivity contribution is 0.378. The fourth-order valence-electron chi connectivity index (χ4n) is 2.50. The molecule has 1 N–H and O–H groups in total. The smallest absolute Gasteiger partial charge is 0.322 e. The van der Waals surface area contributed by atoms with Crippen LogP contribution in [0.3, 0.4) is 0 Å². The number of ether oxygens (including phenoxy) is 1.